The number of ether oxygens (including phenoxy) is 1. The Labute approximate surface area is 137 Å². The summed E-state index contributed by atoms with van der Waals surface area (Å²) in [6.45, 7) is 2.22. The van der Waals surface area contributed by atoms with Gasteiger partial charge in [0, 0.05) is 11.8 Å². The topological polar surface area (TPSA) is 43.6 Å². The van der Waals surface area contributed by atoms with Crippen LogP contribution in [0.15, 0.2) is 55.0 Å². The number of esters is 1. The van der Waals surface area contributed by atoms with Gasteiger partial charge in [-0.05, 0) is 44.7 Å². The molecule has 0 aliphatic rings. The fourth-order valence-corrected chi connectivity index (χ4v) is 2.45. The second kappa shape index (κ2) is 9.62. The van der Waals surface area contributed by atoms with Crippen LogP contribution < -0.4 is 0 Å². The van der Waals surface area contributed by atoms with Crippen LogP contribution in [-0.4, -0.2) is 22.0 Å². The maximum atomic E-state index is 11.1. The molecular formula is C19H24N2O2. The van der Waals surface area contributed by atoms with E-state index in [4.69, 9.17) is 4.74 Å². The van der Waals surface area contributed by atoms with Crippen LogP contribution in [0.2, 0.25) is 0 Å². The van der Waals surface area contributed by atoms with Crippen molar-refractivity contribution < 1.29 is 9.53 Å². The Kier molecular flexibility index (Phi) is 7.11. The molecule has 0 N–H and O–H groups in total. The maximum absolute atomic E-state index is 11.1. The molecule has 4 heteroatoms. The fourth-order valence-electron chi connectivity index (χ4n) is 2.45. The number of allylic oxidation sites excluding steroid dienone is 3. The number of imidazole rings is 1. The van der Waals surface area contributed by atoms with Crippen LogP contribution >= 0.6 is 0 Å². The lowest BCUT2D eigenvalue weighted by molar-refractivity contribution is -0.137. The third kappa shape index (κ3) is 5.74. The van der Waals surface area contributed by atoms with Gasteiger partial charge in [-0.2, -0.15) is 0 Å². The van der Waals surface area contributed by atoms with Gasteiger partial charge in [-0.25, -0.2) is 9.78 Å². The van der Waals surface area contributed by atoms with E-state index in [2.05, 4.69) is 33.7 Å². The Morgan fingerprint density at radius 1 is 1.26 bits per heavy atom. The van der Waals surface area contributed by atoms with E-state index < -0.39 is 0 Å². The molecule has 23 heavy (non-hydrogen) atoms. The normalized spacial score (nSPS) is 11.7. The Hall–Kier alpha value is -2.36. The van der Waals surface area contributed by atoms with Crippen LogP contribution in [-0.2, 0) is 16.0 Å². The first-order valence-corrected chi connectivity index (χ1v) is 8.21. The molecule has 122 valence electrons. The summed E-state index contributed by atoms with van der Waals surface area (Å²) >= 11 is 0. The number of aromatic nitrogens is 2. The second-order valence-electron chi connectivity index (χ2n) is 5.34. The number of carbonyl (C=O) groups is 1. The van der Waals surface area contributed by atoms with E-state index in [1.54, 1.807) is 13.0 Å². The standard InChI is InChI=1S/C19H24N2O2/c1-2-23-19(22)14-9-7-5-3-4-6-8-11-17-12-10-13-18-15-20-16-21(17)18/h5,7,9-10,12-16H,2-4,6,8,11H2,1H3. The minimum atomic E-state index is -0.286. The fraction of sp³-hybridized carbons (Fsp3) is 0.368. The van der Waals surface area contributed by atoms with Crippen LogP contribution in [0.4, 0.5) is 0 Å². The molecule has 0 unspecified atom stereocenters. The van der Waals surface area contributed by atoms with Gasteiger partial charge >= 0.3 is 5.97 Å². The van der Waals surface area contributed by atoms with Gasteiger partial charge < -0.3 is 9.14 Å². The Morgan fingerprint density at radius 3 is 3.04 bits per heavy atom. The van der Waals surface area contributed by atoms with Crippen LogP contribution in [0.3, 0.4) is 0 Å². The number of fused-ring (bicyclic) bond motifs is 1. The van der Waals surface area contributed by atoms with E-state index >= 15 is 0 Å². The number of pyridine rings is 1. The van der Waals surface area contributed by atoms with Gasteiger partial charge in [-0.3, -0.25) is 0 Å². The van der Waals surface area contributed by atoms with Crippen LogP contribution in [0.5, 0.6) is 0 Å². The third-order valence-corrected chi connectivity index (χ3v) is 3.60. The molecular weight excluding hydrogens is 288 g/mol. The molecule has 0 amide bonds. The lowest BCUT2D eigenvalue weighted by Gasteiger charge is -2.04. The van der Waals surface area contributed by atoms with Gasteiger partial charge in [-0.1, -0.05) is 30.7 Å². The van der Waals surface area contributed by atoms with Crippen molar-refractivity contribution in [1.29, 1.82) is 0 Å². The summed E-state index contributed by atoms with van der Waals surface area (Å²) in [6.07, 6.45) is 16.6. The number of nitrogens with zero attached hydrogens (tertiary/aromatic N) is 2. The first kappa shape index (κ1) is 17.0. The van der Waals surface area contributed by atoms with Crippen molar-refractivity contribution >= 4 is 11.5 Å². The Morgan fingerprint density at radius 2 is 2.17 bits per heavy atom. The molecule has 2 heterocycles. The summed E-state index contributed by atoms with van der Waals surface area (Å²) in [5, 5.41) is 0. The molecule has 0 saturated heterocycles. The SMILES string of the molecule is CCOC(=O)C=CC=CCCCCCc1cccc2cncn12. The predicted molar refractivity (Wildman–Crippen MR) is 92.3 cm³/mol. The summed E-state index contributed by atoms with van der Waals surface area (Å²) in [7, 11) is 0. The summed E-state index contributed by atoms with van der Waals surface area (Å²) in [6, 6.07) is 6.32. The van der Waals surface area contributed by atoms with E-state index in [9.17, 15) is 4.79 Å². The molecule has 0 saturated carbocycles. The summed E-state index contributed by atoms with van der Waals surface area (Å²) in [5.41, 5.74) is 2.46. The van der Waals surface area contributed by atoms with E-state index in [-0.39, 0.29) is 5.97 Å². The summed E-state index contributed by atoms with van der Waals surface area (Å²) in [4.78, 5) is 15.3. The molecule has 0 aliphatic carbocycles. The second-order valence-corrected chi connectivity index (χ2v) is 5.34. The molecule has 0 aromatic carbocycles. The van der Waals surface area contributed by atoms with Crippen molar-refractivity contribution in [3.05, 3.63) is 60.7 Å². The van der Waals surface area contributed by atoms with Crippen molar-refractivity contribution in [2.75, 3.05) is 6.61 Å². The van der Waals surface area contributed by atoms with Gasteiger partial charge in [0.1, 0.15) is 0 Å². The van der Waals surface area contributed by atoms with Crippen molar-refractivity contribution in [3.8, 4) is 0 Å². The molecule has 0 radical (unpaired) electrons. The maximum Gasteiger partial charge on any atom is 0.330 e. The molecule has 2 aromatic rings. The largest absolute Gasteiger partial charge is 0.463 e. The Bertz CT molecular complexity index is 671. The van der Waals surface area contributed by atoms with Crippen molar-refractivity contribution in [3.63, 3.8) is 0 Å². The predicted octanol–water partition coefficient (Wildman–Crippen LogP) is 4.11. The minimum absolute atomic E-state index is 0.286. The quantitative estimate of drug-likeness (QED) is 0.303. The van der Waals surface area contributed by atoms with Crippen LogP contribution in [0.1, 0.15) is 38.3 Å². The smallest absolute Gasteiger partial charge is 0.330 e. The molecule has 0 bridgehead atoms. The van der Waals surface area contributed by atoms with Gasteiger partial charge in [0.2, 0.25) is 0 Å². The molecule has 0 atom stereocenters. The summed E-state index contributed by atoms with van der Waals surface area (Å²) in [5.74, 6) is -0.286. The number of rotatable bonds is 9. The van der Waals surface area contributed by atoms with Crippen molar-refractivity contribution in [2.45, 2.75) is 39.0 Å². The zero-order chi connectivity index (χ0) is 16.3. The minimum Gasteiger partial charge on any atom is -0.463 e. The first-order chi connectivity index (χ1) is 11.3. The van der Waals surface area contributed by atoms with E-state index in [1.165, 1.54) is 24.6 Å². The average molecular weight is 312 g/mol. The van der Waals surface area contributed by atoms with Crippen molar-refractivity contribution in [2.24, 2.45) is 0 Å². The molecule has 2 rings (SSSR count). The van der Waals surface area contributed by atoms with E-state index in [1.807, 2.05) is 18.6 Å². The summed E-state index contributed by atoms with van der Waals surface area (Å²) < 4.78 is 6.96. The number of unbranched alkanes of at least 4 members (excludes halogenated alkanes) is 3. The lowest BCUT2D eigenvalue weighted by Crippen LogP contribution is -1.98. The van der Waals surface area contributed by atoms with Crippen LogP contribution in [0, 0.1) is 0 Å². The molecule has 4 nitrogen and oxygen atoms in total. The highest BCUT2D eigenvalue weighted by Crippen LogP contribution is 2.11. The van der Waals surface area contributed by atoms with Gasteiger partial charge in [-0.15, -0.1) is 0 Å². The number of hydrogen-bond donors (Lipinski definition) is 0. The lowest BCUT2D eigenvalue weighted by atomic mass is 10.1. The molecule has 2 aromatic heterocycles. The number of aryl methyl sites for hydroxylation is 1. The van der Waals surface area contributed by atoms with Crippen LogP contribution in [0.25, 0.3) is 5.52 Å². The average Bonchev–Trinajstić information content (AvgIpc) is 3.03. The highest BCUT2D eigenvalue weighted by atomic mass is 16.5. The number of carbonyl (C=O) groups excluding carboxylic acids is 1. The molecule has 0 fully saturated rings. The van der Waals surface area contributed by atoms with E-state index in [0.29, 0.717) is 6.61 Å². The monoisotopic (exact) mass is 312 g/mol. The molecule has 0 aliphatic heterocycles. The zero-order valence-corrected chi connectivity index (χ0v) is 13.6. The number of hydrogen-bond acceptors (Lipinski definition) is 3. The highest BCUT2D eigenvalue weighted by molar-refractivity contribution is 5.82. The highest BCUT2D eigenvalue weighted by Gasteiger charge is 1.99. The van der Waals surface area contributed by atoms with Gasteiger partial charge in [0.05, 0.1) is 24.6 Å². The van der Waals surface area contributed by atoms with Crippen molar-refractivity contribution in [1.82, 2.24) is 9.38 Å². The zero-order valence-electron chi connectivity index (χ0n) is 13.6. The first-order valence-electron chi connectivity index (χ1n) is 8.21. The van der Waals surface area contributed by atoms with Gasteiger partial charge in [0.25, 0.3) is 0 Å². The van der Waals surface area contributed by atoms with Gasteiger partial charge in [0.15, 0.2) is 0 Å². The Balaban J connectivity index is 1.61. The van der Waals surface area contributed by atoms with E-state index in [0.717, 1.165) is 24.8 Å². The molecule has 0 spiro atoms. The third-order valence-electron chi connectivity index (χ3n) is 3.60.